The molecule has 1 aliphatic heterocycles. The van der Waals surface area contributed by atoms with E-state index >= 15 is 0 Å². The number of thioether (sulfide) groups is 1. The Hall–Kier alpha value is -2.69. The van der Waals surface area contributed by atoms with Gasteiger partial charge >= 0.3 is 0 Å². The highest BCUT2D eigenvalue weighted by Crippen LogP contribution is 2.30. The molecule has 1 saturated heterocycles. The third kappa shape index (κ3) is 5.29. The Morgan fingerprint density at radius 1 is 0.971 bits per heavy atom. The monoisotopic (exact) mass is 511 g/mol. The van der Waals surface area contributed by atoms with Crippen LogP contribution in [0.4, 0.5) is 0 Å². The minimum atomic E-state index is -3.56. The predicted octanol–water partition coefficient (Wildman–Crippen LogP) is 3.87. The topological polar surface area (TPSA) is 97.2 Å². The molecule has 0 radical (unpaired) electrons. The molecule has 10 heteroatoms. The van der Waals surface area contributed by atoms with E-state index in [0.717, 1.165) is 44.2 Å². The molecule has 1 aromatic heterocycles. The van der Waals surface area contributed by atoms with Gasteiger partial charge in [-0.25, -0.2) is 8.42 Å². The van der Waals surface area contributed by atoms with E-state index in [0.29, 0.717) is 29.6 Å². The van der Waals surface area contributed by atoms with Gasteiger partial charge in [0.2, 0.25) is 15.9 Å². The Morgan fingerprint density at radius 2 is 1.71 bits per heavy atom. The van der Waals surface area contributed by atoms with Crippen molar-refractivity contribution < 1.29 is 13.2 Å². The quantitative estimate of drug-likeness (QED) is 0.461. The minimum absolute atomic E-state index is 0.00948. The lowest BCUT2D eigenvalue weighted by Gasteiger charge is -2.16. The van der Waals surface area contributed by atoms with Gasteiger partial charge in [-0.15, -0.1) is 10.2 Å². The van der Waals surface area contributed by atoms with Crippen LogP contribution in [0.5, 0.6) is 0 Å². The number of benzene rings is 2. The van der Waals surface area contributed by atoms with Crippen LogP contribution in [0.15, 0.2) is 64.6 Å². The van der Waals surface area contributed by atoms with E-state index in [2.05, 4.69) is 15.5 Å². The zero-order valence-corrected chi connectivity index (χ0v) is 21.1. The van der Waals surface area contributed by atoms with Crippen LogP contribution in [-0.2, 0) is 14.8 Å². The zero-order chi connectivity index (χ0) is 24.3. The highest BCUT2D eigenvalue weighted by Gasteiger charge is 2.28. The van der Waals surface area contributed by atoms with Crippen LogP contribution >= 0.6 is 11.8 Å². The van der Waals surface area contributed by atoms with Gasteiger partial charge < -0.3 is 5.32 Å². The van der Waals surface area contributed by atoms with Crippen molar-refractivity contribution in [3.05, 3.63) is 54.6 Å². The summed E-state index contributed by atoms with van der Waals surface area (Å²) in [6.45, 7) is 1.10. The number of nitrogens with one attached hydrogen (secondary N) is 1. The lowest BCUT2D eigenvalue weighted by Crippen LogP contribution is -2.33. The predicted molar refractivity (Wildman–Crippen MR) is 136 cm³/mol. The van der Waals surface area contributed by atoms with Crippen molar-refractivity contribution in [2.75, 3.05) is 18.8 Å². The maximum absolute atomic E-state index is 13.1. The zero-order valence-electron chi connectivity index (χ0n) is 19.5. The Morgan fingerprint density at radius 3 is 2.46 bits per heavy atom. The third-order valence-electron chi connectivity index (χ3n) is 6.50. The molecular weight excluding hydrogens is 482 g/mol. The fourth-order valence-electron chi connectivity index (χ4n) is 4.70. The first-order valence-electron chi connectivity index (χ1n) is 12.1. The molecule has 2 aromatic carbocycles. The summed E-state index contributed by atoms with van der Waals surface area (Å²) < 4.78 is 29.7. The summed E-state index contributed by atoms with van der Waals surface area (Å²) in [5, 5.41) is 12.5. The fourth-order valence-corrected chi connectivity index (χ4v) is 7.03. The number of carbonyl (C=O) groups excluding carboxylic acids is 1. The van der Waals surface area contributed by atoms with E-state index in [-0.39, 0.29) is 22.6 Å². The van der Waals surface area contributed by atoms with Crippen molar-refractivity contribution in [3.63, 3.8) is 0 Å². The smallest absolute Gasteiger partial charge is 0.243 e. The minimum Gasteiger partial charge on any atom is -0.353 e. The average molecular weight is 512 g/mol. The number of sulfonamides is 1. The van der Waals surface area contributed by atoms with Gasteiger partial charge in [0.15, 0.2) is 11.0 Å². The molecule has 2 aliphatic rings. The van der Waals surface area contributed by atoms with Gasteiger partial charge in [-0.2, -0.15) is 4.31 Å². The van der Waals surface area contributed by atoms with Gasteiger partial charge in [0.25, 0.3) is 0 Å². The highest BCUT2D eigenvalue weighted by atomic mass is 32.2. The van der Waals surface area contributed by atoms with Crippen LogP contribution in [0, 0.1) is 0 Å². The first-order valence-corrected chi connectivity index (χ1v) is 14.5. The molecule has 0 bridgehead atoms. The SMILES string of the molecule is O=C(CSc1nnc(-c2cccc(S(=O)(=O)N3CCCC3)c2)n1-c1ccccc1)NC1CCCC1. The second-order valence-electron chi connectivity index (χ2n) is 8.95. The largest absolute Gasteiger partial charge is 0.353 e. The van der Waals surface area contributed by atoms with Crippen LogP contribution in [0.1, 0.15) is 38.5 Å². The molecule has 5 rings (SSSR count). The molecule has 0 atom stereocenters. The molecular formula is C25H29N5O3S2. The number of rotatable bonds is 8. The molecule has 3 aromatic rings. The van der Waals surface area contributed by atoms with E-state index < -0.39 is 10.0 Å². The first-order chi connectivity index (χ1) is 17.0. The molecule has 8 nitrogen and oxygen atoms in total. The number of aromatic nitrogens is 3. The maximum Gasteiger partial charge on any atom is 0.243 e. The van der Waals surface area contributed by atoms with Gasteiger partial charge in [0.1, 0.15) is 0 Å². The van der Waals surface area contributed by atoms with Crippen molar-refractivity contribution in [1.29, 1.82) is 0 Å². The van der Waals surface area contributed by atoms with Crippen LogP contribution in [0.3, 0.4) is 0 Å². The van der Waals surface area contributed by atoms with E-state index in [1.165, 1.54) is 16.1 Å². The summed E-state index contributed by atoms with van der Waals surface area (Å²) in [5.41, 5.74) is 1.50. The van der Waals surface area contributed by atoms with Crippen LogP contribution < -0.4 is 5.32 Å². The van der Waals surface area contributed by atoms with Crippen molar-refractivity contribution in [2.24, 2.45) is 0 Å². The van der Waals surface area contributed by atoms with Gasteiger partial charge in [0.05, 0.1) is 10.6 Å². The summed E-state index contributed by atoms with van der Waals surface area (Å²) in [6.07, 6.45) is 6.17. The Balaban J connectivity index is 1.44. The number of para-hydroxylation sites is 1. The number of amides is 1. The van der Waals surface area contributed by atoms with E-state index in [4.69, 9.17) is 0 Å². The van der Waals surface area contributed by atoms with Gasteiger partial charge in [-0.3, -0.25) is 9.36 Å². The third-order valence-corrected chi connectivity index (χ3v) is 9.32. The number of carbonyl (C=O) groups is 1. The Bertz CT molecular complexity index is 1280. The summed E-state index contributed by atoms with van der Waals surface area (Å²) in [5.74, 6) is 0.767. The standard InChI is InChI=1S/C25H29N5O3S2/c31-23(26-20-10-4-5-11-20)18-34-25-28-27-24(30(25)21-12-2-1-3-13-21)19-9-8-14-22(17-19)35(32,33)29-15-6-7-16-29/h1-3,8-9,12-14,17,20H,4-7,10-11,15-16,18H2,(H,26,31). The lowest BCUT2D eigenvalue weighted by atomic mass is 10.2. The molecule has 1 saturated carbocycles. The molecule has 35 heavy (non-hydrogen) atoms. The number of nitrogens with zero attached hydrogens (tertiary/aromatic N) is 4. The molecule has 1 aliphatic carbocycles. The summed E-state index contributed by atoms with van der Waals surface area (Å²) in [7, 11) is -3.56. The Labute approximate surface area is 210 Å². The Kier molecular flexibility index (Phi) is 7.22. The second-order valence-corrected chi connectivity index (χ2v) is 11.8. The number of hydrogen-bond donors (Lipinski definition) is 1. The molecule has 184 valence electrons. The average Bonchev–Trinajstić information content (AvgIpc) is 3.66. The van der Waals surface area contributed by atoms with Crippen LogP contribution in [-0.4, -0.2) is 58.3 Å². The van der Waals surface area contributed by atoms with Crippen molar-refractivity contribution >= 4 is 27.7 Å². The molecule has 1 N–H and O–H groups in total. The molecule has 0 unspecified atom stereocenters. The fraction of sp³-hybridized carbons (Fsp3) is 0.400. The van der Waals surface area contributed by atoms with Gasteiger partial charge in [0, 0.05) is 30.4 Å². The first kappa shape index (κ1) is 24.0. The summed E-state index contributed by atoms with van der Waals surface area (Å²) >= 11 is 1.33. The highest BCUT2D eigenvalue weighted by molar-refractivity contribution is 7.99. The van der Waals surface area contributed by atoms with Crippen molar-refractivity contribution in [2.45, 2.75) is 54.6 Å². The molecule has 0 spiro atoms. The molecule has 2 heterocycles. The maximum atomic E-state index is 13.1. The van der Waals surface area contributed by atoms with E-state index in [9.17, 15) is 13.2 Å². The normalized spacial score (nSPS) is 17.1. The van der Waals surface area contributed by atoms with Gasteiger partial charge in [-0.1, -0.05) is 54.9 Å². The van der Waals surface area contributed by atoms with E-state index in [1.807, 2.05) is 41.0 Å². The van der Waals surface area contributed by atoms with Crippen molar-refractivity contribution in [3.8, 4) is 17.1 Å². The lowest BCUT2D eigenvalue weighted by molar-refractivity contribution is -0.119. The molecule has 2 fully saturated rings. The molecule has 1 amide bonds. The second kappa shape index (κ2) is 10.5. The van der Waals surface area contributed by atoms with Gasteiger partial charge in [-0.05, 0) is 49.9 Å². The van der Waals surface area contributed by atoms with E-state index in [1.54, 1.807) is 18.2 Å². The summed E-state index contributed by atoms with van der Waals surface area (Å²) in [6, 6.07) is 16.8. The summed E-state index contributed by atoms with van der Waals surface area (Å²) in [4.78, 5) is 12.8. The van der Waals surface area contributed by atoms with Crippen molar-refractivity contribution in [1.82, 2.24) is 24.4 Å². The number of hydrogen-bond acceptors (Lipinski definition) is 6. The van der Waals surface area contributed by atoms with Crippen LogP contribution in [0.25, 0.3) is 17.1 Å². The van der Waals surface area contributed by atoms with Crippen LogP contribution in [0.2, 0.25) is 0 Å².